The predicted molar refractivity (Wildman–Crippen MR) is 181 cm³/mol. The summed E-state index contributed by atoms with van der Waals surface area (Å²) in [4.78, 5) is 18.8. The molecule has 0 saturated carbocycles. The molecule has 246 valence electrons. The average molecular weight is 656 g/mol. The smallest absolute Gasteiger partial charge is 0.308 e. The highest BCUT2D eigenvalue weighted by Crippen LogP contribution is 2.44. The van der Waals surface area contributed by atoms with Crippen LogP contribution in [0.4, 0.5) is 16.3 Å². The van der Waals surface area contributed by atoms with E-state index in [1.165, 1.54) is 5.06 Å². The van der Waals surface area contributed by atoms with Crippen LogP contribution in [0.15, 0.2) is 89.8 Å². The second-order valence-electron chi connectivity index (χ2n) is 13.9. The van der Waals surface area contributed by atoms with E-state index < -0.39 is 10.0 Å². The van der Waals surface area contributed by atoms with Crippen molar-refractivity contribution in [1.82, 2.24) is 24.6 Å². The second kappa shape index (κ2) is 12.0. The molecule has 0 spiro atoms. The summed E-state index contributed by atoms with van der Waals surface area (Å²) in [5.74, 6) is 0.931. The number of piperidine rings is 1. The van der Waals surface area contributed by atoms with E-state index in [0.717, 1.165) is 54.6 Å². The number of amides is 2. The summed E-state index contributed by atoms with van der Waals surface area (Å²) in [5.41, 5.74) is 7.64. The molecule has 1 aromatic heterocycles. The molecule has 2 unspecified atom stereocenters. The largest absolute Gasteiger partial charge is 0.324 e. The standard InChI is InChI=1S/C35H41N7O4S/c1-23-10-12-27(13-11-23)41-33(21-32(39-41)35(2,3)4)38-34(43)37-26-8-5-7-24(18-26)17-25-19-28-14-15-29(20-25)42(28)47(44,45)31-9-6-16-40-30(31)22-36-46-40/h5-13,16,18,21-22,25,28-29,36H,14-15,17,19-20H2,1-4H3,(H2,37,38,43). The van der Waals surface area contributed by atoms with Gasteiger partial charge in [0, 0.05) is 35.5 Å². The van der Waals surface area contributed by atoms with Crippen molar-refractivity contribution < 1.29 is 18.2 Å². The molecule has 4 aliphatic heterocycles. The normalized spacial score (nSPS) is 22.4. The fraction of sp³-hybridized carbons (Fsp3) is 0.371. The van der Waals surface area contributed by atoms with Gasteiger partial charge in [0.25, 0.3) is 0 Å². The van der Waals surface area contributed by atoms with Gasteiger partial charge in [0.2, 0.25) is 10.0 Å². The third-order valence-corrected chi connectivity index (χ3v) is 11.4. The number of anilines is 2. The fourth-order valence-electron chi connectivity index (χ4n) is 7.08. The van der Waals surface area contributed by atoms with Crippen LogP contribution < -0.4 is 16.1 Å². The Morgan fingerprint density at radius 1 is 1.04 bits per heavy atom. The van der Waals surface area contributed by atoms with Crippen LogP contribution in [0.5, 0.6) is 0 Å². The zero-order valence-electron chi connectivity index (χ0n) is 27.1. The molecule has 4 aliphatic rings. The Bertz CT molecular complexity index is 1870. The SMILES string of the molecule is Cc1ccc(-n2nc(C(C)(C)C)cc2NC(=O)Nc2cccc(CC3CC4CCC(C3)N4S(=O)(=O)C3=CC=CN4ONC=C34)c2)cc1. The summed E-state index contributed by atoms with van der Waals surface area (Å²) in [5, 5.41) is 12.3. The third kappa shape index (κ3) is 6.20. The molecular weight excluding hydrogens is 614 g/mol. The third-order valence-electron chi connectivity index (χ3n) is 9.33. The first-order valence-corrected chi connectivity index (χ1v) is 17.6. The Kier molecular flexibility index (Phi) is 7.97. The maximum absolute atomic E-state index is 13.9. The van der Waals surface area contributed by atoms with E-state index in [1.54, 1.807) is 33.5 Å². The molecule has 5 heterocycles. The summed E-state index contributed by atoms with van der Waals surface area (Å²) in [6.45, 7) is 8.32. The number of fused-ring (bicyclic) bond motifs is 3. The van der Waals surface area contributed by atoms with Crippen LogP contribution in [0, 0.1) is 12.8 Å². The number of nitrogens with one attached hydrogen (secondary N) is 3. The van der Waals surface area contributed by atoms with Gasteiger partial charge in [0.1, 0.15) is 16.4 Å². The van der Waals surface area contributed by atoms with E-state index in [9.17, 15) is 13.2 Å². The monoisotopic (exact) mass is 655 g/mol. The molecule has 0 aliphatic carbocycles. The predicted octanol–water partition coefficient (Wildman–Crippen LogP) is 6.24. The number of hydrogen-bond donors (Lipinski definition) is 3. The van der Waals surface area contributed by atoms with Gasteiger partial charge in [-0.15, -0.1) is 0 Å². The van der Waals surface area contributed by atoms with Gasteiger partial charge in [-0.3, -0.25) is 5.32 Å². The molecule has 12 heteroatoms. The van der Waals surface area contributed by atoms with Gasteiger partial charge in [-0.25, -0.2) is 28.4 Å². The molecule has 0 radical (unpaired) electrons. The average Bonchev–Trinajstić information content (AvgIpc) is 3.74. The first-order chi connectivity index (χ1) is 22.5. The lowest BCUT2D eigenvalue weighted by Crippen LogP contribution is -2.47. The Hall–Kier alpha value is -4.39. The van der Waals surface area contributed by atoms with Crippen molar-refractivity contribution in [3.63, 3.8) is 0 Å². The van der Waals surface area contributed by atoms with Gasteiger partial charge in [0.15, 0.2) is 0 Å². The molecule has 2 fully saturated rings. The lowest BCUT2D eigenvalue weighted by Gasteiger charge is -2.39. The maximum atomic E-state index is 13.9. The quantitative estimate of drug-likeness (QED) is 0.276. The van der Waals surface area contributed by atoms with Gasteiger partial charge in [-0.2, -0.15) is 14.3 Å². The lowest BCUT2D eigenvalue weighted by molar-refractivity contribution is -0.112. The maximum Gasteiger partial charge on any atom is 0.324 e. The summed E-state index contributed by atoms with van der Waals surface area (Å²) in [6.07, 6.45) is 10.7. The van der Waals surface area contributed by atoms with Crippen LogP contribution >= 0.6 is 0 Å². The molecule has 47 heavy (non-hydrogen) atoms. The first-order valence-electron chi connectivity index (χ1n) is 16.1. The molecule has 7 rings (SSSR count). The summed E-state index contributed by atoms with van der Waals surface area (Å²) < 4.78 is 31.3. The van der Waals surface area contributed by atoms with Crippen LogP contribution in [0.25, 0.3) is 5.69 Å². The number of urea groups is 1. The lowest BCUT2D eigenvalue weighted by atomic mass is 9.87. The highest BCUT2D eigenvalue weighted by molar-refractivity contribution is 7.93. The Morgan fingerprint density at radius 3 is 2.51 bits per heavy atom. The van der Waals surface area contributed by atoms with Crippen molar-refractivity contribution >= 4 is 27.6 Å². The number of nitrogens with zero attached hydrogens (tertiary/aromatic N) is 4. The number of carbonyl (C=O) groups is 1. The van der Waals surface area contributed by atoms with Crippen molar-refractivity contribution in [3.8, 4) is 5.69 Å². The number of aryl methyl sites for hydroxylation is 1. The Morgan fingerprint density at radius 2 is 1.79 bits per heavy atom. The van der Waals surface area contributed by atoms with Crippen molar-refractivity contribution in [2.75, 3.05) is 10.6 Å². The van der Waals surface area contributed by atoms with E-state index in [1.807, 2.05) is 55.5 Å². The summed E-state index contributed by atoms with van der Waals surface area (Å²) in [7, 11) is -3.69. The van der Waals surface area contributed by atoms with Gasteiger partial charge < -0.3 is 5.32 Å². The number of benzene rings is 2. The van der Waals surface area contributed by atoms with E-state index in [0.29, 0.717) is 23.1 Å². The minimum atomic E-state index is -3.69. The van der Waals surface area contributed by atoms with Gasteiger partial charge >= 0.3 is 6.03 Å². The fourth-order valence-corrected chi connectivity index (χ4v) is 9.14. The molecule has 11 nitrogen and oxygen atoms in total. The van der Waals surface area contributed by atoms with E-state index in [2.05, 4.69) is 43.0 Å². The van der Waals surface area contributed by atoms with E-state index in [4.69, 9.17) is 10.0 Å². The van der Waals surface area contributed by atoms with Gasteiger partial charge in [-0.05, 0) is 86.9 Å². The van der Waals surface area contributed by atoms with Crippen LogP contribution in [0.3, 0.4) is 0 Å². The van der Waals surface area contributed by atoms with Crippen molar-refractivity contribution in [2.24, 2.45) is 5.92 Å². The van der Waals surface area contributed by atoms with Gasteiger partial charge in [0.05, 0.1) is 17.6 Å². The van der Waals surface area contributed by atoms with Crippen LogP contribution in [0.1, 0.15) is 63.3 Å². The summed E-state index contributed by atoms with van der Waals surface area (Å²) in [6, 6.07) is 17.4. The van der Waals surface area contributed by atoms with Crippen LogP contribution in [-0.2, 0) is 26.8 Å². The molecule has 2 atom stereocenters. The minimum Gasteiger partial charge on any atom is -0.308 e. The highest BCUT2D eigenvalue weighted by Gasteiger charge is 2.49. The number of sulfonamides is 1. The zero-order valence-corrected chi connectivity index (χ0v) is 27.9. The molecule has 2 bridgehead atoms. The number of allylic oxidation sites excluding steroid dienone is 2. The Balaban J connectivity index is 1.02. The molecule has 2 aromatic carbocycles. The van der Waals surface area contributed by atoms with Crippen molar-refractivity contribution in [2.45, 2.75) is 77.3 Å². The van der Waals surface area contributed by atoms with E-state index in [-0.39, 0.29) is 28.4 Å². The zero-order chi connectivity index (χ0) is 32.9. The highest BCUT2D eigenvalue weighted by atomic mass is 32.2. The number of hydrogen-bond acceptors (Lipinski definition) is 7. The number of hydroxylamine groups is 3. The number of carbonyl (C=O) groups excluding carboxylic acids is 1. The van der Waals surface area contributed by atoms with Gasteiger partial charge in [-0.1, -0.05) is 50.6 Å². The Labute approximate surface area is 275 Å². The van der Waals surface area contributed by atoms with Crippen molar-refractivity contribution in [1.29, 1.82) is 0 Å². The molecule has 3 aromatic rings. The molecular formula is C35H41N7O4S. The summed E-state index contributed by atoms with van der Waals surface area (Å²) >= 11 is 0. The van der Waals surface area contributed by atoms with E-state index >= 15 is 0 Å². The van der Waals surface area contributed by atoms with Crippen LogP contribution in [-0.4, -0.2) is 45.7 Å². The molecule has 3 N–H and O–H groups in total. The molecule has 2 saturated heterocycles. The molecule has 2 amide bonds. The second-order valence-corrected chi connectivity index (χ2v) is 15.7. The number of rotatable bonds is 7. The minimum absolute atomic E-state index is 0.0386. The van der Waals surface area contributed by atoms with Crippen LogP contribution in [0.2, 0.25) is 0 Å². The topological polar surface area (TPSA) is 121 Å². The number of aromatic nitrogens is 2. The first kappa shape index (κ1) is 31.2. The van der Waals surface area contributed by atoms with Crippen molar-refractivity contribution in [3.05, 3.63) is 107 Å².